The van der Waals surface area contributed by atoms with Crippen LogP contribution in [0.25, 0.3) is 71.9 Å². The van der Waals surface area contributed by atoms with E-state index in [1.165, 1.54) is 34.4 Å². The van der Waals surface area contributed by atoms with E-state index >= 15 is 0 Å². The summed E-state index contributed by atoms with van der Waals surface area (Å²) in [6.45, 7) is 0. The smallest absolute Gasteiger partial charge is 0.292 e. The van der Waals surface area contributed by atoms with E-state index in [0.29, 0.717) is 11.5 Å². The summed E-state index contributed by atoms with van der Waals surface area (Å²) in [5.41, 5.74) is 9.97. The topological polar surface area (TPSA) is 17.8 Å². The Morgan fingerprint density at radius 1 is 0.522 bits per heavy atom. The Kier molecular flexibility index (Phi) is 5.75. The lowest BCUT2D eigenvalue weighted by atomic mass is 9.98. The first-order chi connectivity index (χ1) is 22.4. The van der Waals surface area contributed by atoms with Crippen LogP contribution in [0.2, 0.25) is 0 Å². The molecule has 46 heavy (non-hydrogen) atoms. The van der Waals surface area contributed by atoms with Gasteiger partial charge in [0.2, 0.25) is 0 Å². The monoisotopic (exact) mass is 602 g/mol. The van der Waals surface area contributed by atoms with Crippen LogP contribution in [0.15, 0.2) is 140 Å². The molecule has 0 fully saturated rings. The minimum Gasteiger partial charge on any atom is -0.292 e. The van der Waals surface area contributed by atoms with Crippen molar-refractivity contribution in [1.29, 1.82) is 0 Å². The predicted octanol–water partition coefficient (Wildman–Crippen LogP) is 11.3. The van der Waals surface area contributed by atoms with Crippen LogP contribution in [0.3, 0.4) is 0 Å². The van der Waals surface area contributed by atoms with Crippen LogP contribution in [0.4, 0.5) is 13.2 Å². The Balaban J connectivity index is 1.24. The molecule has 9 rings (SSSR count). The molecule has 0 radical (unpaired) electrons. The fraction of sp³-hybridized carbons (Fsp3) is 0.0488. The van der Waals surface area contributed by atoms with Crippen LogP contribution in [-0.4, -0.2) is 9.55 Å². The number of halogens is 3. The third-order valence-electron chi connectivity index (χ3n) is 9.26. The zero-order valence-electron chi connectivity index (χ0n) is 24.5. The van der Waals surface area contributed by atoms with Crippen molar-refractivity contribution < 1.29 is 13.2 Å². The number of imidazole rings is 1. The Hall–Kier alpha value is -5.68. The number of rotatable bonds is 3. The molecule has 1 aliphatic carbocycles. The second-order valence-corrected chi connectivity index (χ2v) is 11.9. The summed E-state index contributed by atoms with van der Waals surface area (Å²) >= 11 is 0. The highest BCUT2D eigenvalue weighted by atomic mass is 19.4. The third-order valence-corrected chi connectivity index (χ3v) is 9.26. The molecule has 0 saturated carbocycles. The van der Waals surface area contributed by atoms with Gasteiger partial charge in [-0.2, -0.15) is 13.2 Å². The molecule has 1 aromatic heterocycles. The van der Waals surface area contributed by atoms with Gasteiger partial charge in [0.15, 0.2) is 0 Å². The van der Waals surface area contributed by atoms with E-state index in [-0.39, 0.29) is 0 Å². The maximum Gasteiger partial charge on any atom is 0.416 e. The van der Waals surface area contributed by atoms with E-state index < -0.39 is 11.7 Å². The fourth-order valence-electron chi connectivity index (χ4n) is 7.06. The molecule has 1 heterocycles. The lowest BCUT2D eigenvalue weighted by molar-refractivity contribution is -0.137. The second-order valence-electron chi connectivity index (χ2n) is 11.9. The summed E-state index contributed by atoms with van der Waals surface area (Å²) in [6.07, 6.45) is -3.47. The van der Waals surface area contributed by atoms with Crippen LogP contribution in [-0.2, 0) is 12.6 Å². The average Bonchev–Trinajstić information content (AvgIpc) is 3.68. The van der Waals surface area contributed by atoms with Crippen molar-refractivity contribution in [2.45, 2.75) is 12.6 Å². The Morgan fingerprint density at radius 3 is 1.85 bits per heavy atom. The van der Waals surface area contributed by atoms with Crippen LogP contribution in [0, 0.1) is 0 Å². The number of nitrogens with zero attached hydrogens (tertiary/aromatic N) is 2. The number of hydrogen-bond donors (Lipinski definition) is 0. The molecule has 0 spiro atoms. The quantitative estimate of drug-likeness (QED) is 0.184. The second kappa shape index (κ2) is 9.91. The molecule has 0 atom stereocenters. The van der Waals surface area contributed by atoms with Crippen molar-refractivity contribution in [3.8, 4) is 39.3 Å². The highest BCUT2D eigenvalue weighted by molar-refractivity contribution is 6.24. The molecule has 7 aromatic carbocycles. The fourth-order valence-corrected chi connectivity index (χ4v) is 7.06. The molecule has 0 unspecified atom stereocenters. The van der Waals surface area contributed by atoms with Crippen molar-refractivity contribution in [2.24, 2.45) is 0 Å². The average molecular weight is 603 g/mol. The highest BCUT2D eigenvalue weighted by Crippen LogP contribution is 2.41. The van der Waals surface area contributed by atoms with Crippen molar-refractivity contribution in [3.63, 3.8) is 0 Å². The van der Waals surface area contributed by atoms with E-state index in [0.717, 1.165) is 67.8 Å². The molecule has 220 valence electrons. The van der Waals surface area contributed by atoms with Gasteiger partial charge in [-0.25, -0.2) is 4.98 Å². The Labute approximate surface area is 263 Å². The number of alkyl halides is 3. The normalized spacial score (nSPS) is 12.6. The molecule has 0 saturated heterocycles. The van der Waals surface area contributed by atoms with Crippen LogP contribution in [0.5, 0.6) is 0 Å². The molecular formula is C41H25F3N2. The van der Waals surface area contributed by atoms with Gasteiger partial charge in [0.1, 0.15) is 5.82 Å². The summed E-state index contributed by atoms with van der Waals surface area (Å²) < 4.78 is 42.6. The largest absolute Gasteiger partial charge is 0.416 e. The Morgan fingerprint density at radius 2 is 1.11 bits per heavy atom. The zero-order valence-corrected chi connectivity index (χ0v) is 24.5. The molecule has 0 bridgehead atoms. The SMILES string of the molecule is FC(F)(F)c1ccc(-n2c(-c3ccc(-c4ccc5c(c4)-c4ccccc4C5)cc3)nc3c4ccccc4c4ccccc4c32)cc1. The predicted molar refractivity (Wildman–Crippen MR) is 180 cm³/mol. The number of benzene rings is 7. The number of aromatic nitrogens is 2. The van der Waals surface area contributed by atoms with E-state index in [2.05, 4.69) is 91.0 Å². The van der Waals surface area contributed by atoms with Gasteiger partial charge >= 0.3 is 6.18 Å². The van der Waals surface area contributed by atoms with Gasteiger partial charge in [0, 0.05) is 22.0 Å². The molecule has 1 aliphatic rings. The van der Waals surface area contributed by atoms with Crippen molar-refractivity contribution >= 4 is 32.6 Å². The molecule has 2 nitrogen and oxygen atoms in total. The maximum atomic E-state index is 13.5. The van der Waals surface area contributed by atoms with Gasteiger partial charge in [0.25, 0.3) is 0 Å². The highest BCUT2D eigenvalue weighted by Gasteiger charge is 2.30. The van der Waals surface area contributed by atoms with E-state index in [1.54, 1.807) is 0 Å². The number of hydrogen-bond acceptors (Lipinski definition) is 1. The van der Waals surface area contributed by atoms with Crippen molar-refractivity contribution in [3.05, 3.63) is 156 Å². The molecular weight excluding hydrogens is 577 g/mol. The van der Waals surface area contributed by atoms with Gasteiger partial charge in [-0.1, -0.05) is 109 Å². The van der Waals surface area contributed by atoms with Gasteiger partial charge in [-0.15, -0.1) is 0 Å². The van der Waals surface area contributed by atoms with Crippen LogP contribution >= 0.6 is 0 Å². The first kappa shape index (κ1) is 26.7. The lowest BCUT2D eigenvalue weighted by Gasteiger charge is -2.14. The van der Waals surface area contributed by atoms with Crippen LogP contribution < -0.4 is 0 Å². The van der Waals surface area contributed by atoms with E-state index in [1.807, 2.05) is 28.8 Å². The van der Waals surface area contributed by atoms with Gasteiger partial charge in [0.05, 0.1) is 16.6 Å². The van der Waals surface area contributed by atoms with Crippen molar-refractivity contribution in [2.75, 3.05) is 0 Å². The first-order valence-electron chi connectivity index (χ1n) is 15.3. The minimum atomic E-state index is -4.42. The molecule has 0 N–H and O–H groups in total. The third kappa shape index (κ3) is 4.08. The van der Waals surface area contributed by atoms with Crippen LogP contribution in [0.1, 0.15) is 16.7 Å². The molecule has 0 amide bonds. The lowest BCUT2D eigenvalue weighted by Crippen LogP contribution is -2.05. The Bertz CT molecular complexity index is 2470. The standard InChI is InChI=1S/C41H25F3N2/c42-41(43,44)30-19-21-31(22-20-30)46-39-36-12-6-4-10-34(36)33-9-3-5-11-35(33)38(39)45-40(46)26-15-13-25(14-16-26)27-17-18-29-23-28-7-1-2-8-32(28)37(29)24-27/h1-22,24H,23H2. The maximum absolute atomic E-state index is 13.5. The van der Waals surface area contributed by atoms with E-state index in [9.17, 15) is 13.2 Å². The van der Waals surface area contributed by atoms with Gasteiger partial charge in [-0.3, -0.25) is 4.57 Å². The van der Waals surface area contributed by atoms with Gasteiger partial charge in [-0.05, 0) is 80.9 Å². The molecule has 8 aromatic rings. The number of fused-ring (bicyclic) bond motifs is 9. The minimum absolute atomic E-state index is 0.618. The van der Waals surface area contributed by atoms with E-state index in [4.69, 9.17) is 4.98 Å². The summed E-state index contributed by atoms with van der Waals surface area (Å²) in [5, 5.41) is 4.14. The summed E-state index contributed by atoms with van der Waals surface area (Å²) in [5.74, 6) is 0.672. The molecule has 5 heteroatoms. The van der Waals surface area contributed by atoms with Crippen molar-refractivity contribution in [1.82, 2.24) is 9.55 Å². The van der Waals surface area contributed by atoms with Gasteiger partial charge < -0.3 is 0 Å². The summed E-state index contributed by atoms with van der Waals surface area (Å²) in [7, 11) is 0. The summed E-state index contributed by atoms with van der Waals surface area (Å²) in [6, 6.07) is 45.2. The zero-order chi connectivity index (χ0) is 31.0. The molecule has 0 aliphatic heterocycles. The first-order valence-corrected chi connectivity index (χ1v) is 15.3. The summed E-state index contributed by atoms with van der Waals surface area (Å²) in [4.78, 5) is 5.22.